The first-order valence-corrected chi connectivity index (χ1v) is 6.51. The molecule has 0 fully saturated rings. The average molecular weight is 256 g/mol. The highest BCUT2D eigenvalue weighted by atomic mass is 16.5. The second-order valence-electron chi connectivity index (χ2n) is 5.03. The van der Waals surface area contributed by atoms with E-state index in [1.54, 1.807) is 6.92 Å². The molecule has 2 N–H and O–H groups in total. The number of hydrogen-bond acceptors (Lipinski definition) is 4. The van der Waals surface area contributed by atoms with Crippen molar-refractivity contribution < 1.29 is 9.32 Å². The topological polar surface area (TPSA) is 69.1 Å². The number of carbonyl (C=O) groups is 1. The van der Waals surface area contributed by atoms with Crippen LogP contribution >= 0.6 is 0 Å². The fourth-order valence-corrected chi connectivity index (χ4v) is 2.80. The summed E-state index contributed by atoms with van der Waals surface area (Å²) in [6, 6.07) is 7.75. The Hall–Kier alpha value is -2.10. The largest absolute Gasteiger partial charge is 0.367 e. The summed E-state index contributed by atoms with van der Waals surface area (Å²) < 4.78 is 5.10. The van der Waals surface area contributed by atoms with Crippen LogP contribution in [0.2, 0.25) is 0 Å². The van der Waals surface area contributed by atoms with Gasteiger partial charge in [-0.15, -0.1) is 0 Å². The third kappa shape index (κ3) is 2.03. The predicted molar refractivity (Wildman–Crippen MR) is 72.1 cm³/mol. The van der Waals surface area contributed by atoms with E-state index >= 15 is 0 Å². The molecular weight excluding hydrogens is 240 g/mol. The first-order chi connectivity index (χ1) is 9.16. The van der Waals surface area contributed by atoms with Gasteiger partial charge in [0.2, 0.25) is 5.88 Å². The Morgan fingerprint density at radius 3 is 2.79 bits per heavy atom. The van der Waals surface area contributed by atoms with E-state index in [4.69, 9.17) is 10.3 Å². The van der Waals surface area contributed by atoms with Crippen LogP contribution in [0.5, 0.6) is 0 Å². The van der Waals surface area contributed by atoms with E-state index in [1.807, 2.05) is 24.3 Å². The number of aromatic nitrogens is 1. The number of aryl methyl sites for hydroxylation is 1. The van der Waals surface area contributed by atoms with Crippen LogP contribution < -0.4 is 5.73 Å². The summed E-state index contributed by atoms with van der Waals surface area (Å²) in [5, 5.41) is 4.02. The number of Topliss-reactive ketones (excluding diaryl/α,β-unsaturated/α-hetero) is 1. The summed E-state index contributed by atoms with van der Waals surface area (Å²) in [6.45, 7) is 1.58. The Bertz CT molecular complexity index is 614. The lowest BCUT2D eigenvalue weighted by molar-refractivity contribution is 0.101. The Balaban J connectivity index is 1.99. The minimum Gasteiger partial charge on any atom is -0.367 e. The normalized spacial score (nSPS) is 18.1. The number of ketones is 1. The summed E-state index contributed by atoms with van der Waals surface area (Å²) >= 11 is 0. The monoisotopic (exact) mass is 256 g/mol. The molecule has 0 aliphatic heterocycles. The van der Waals surface area contributed by atoms with E-state index in [0.29, 0.717) is 5.88 Å². The van der Waals surface area contributed by atoms with Gasteiger partial charge in [0.15, 0.2) is 5.78 Å². The second kappa shape index (κ2) is 4.53. The van der Waals surface area contributed by atoms with Gasteiger partial charge in [-0.05, 0) is 31.7 Å². The molecule has 98 valence electrons. The molecule has 1 aromatic carbocycles. The van der Waals surface area contributed by atoms with Crippen molar-refractivity contribution in [2.24, 2.45) is 0 Å². The maximum absolute atomic E-state index is 11.3. The summed E-state index contributed by atoms with van der Waals surface area (Å²) in [4.78, 5) is 11.3. The molecule has 0 amide bonds. The Labute approximate surface area is 111 Å². The van der Waals surface area contributed by atoms with Crippen molar-refractivity contribution in [2.75, 3.05) is 5.73 Å². The van der Waals surface area contributed by atoms with Gasteiger partial charge in [-0.3, -0.25) is 4.79 Å². The number of fused-ring (bicyclic) bond motifs is 1. The molecule has 2 aromatic rings. The van der Waals surface area contributed by atoms with E-state index in [2.05, 4.69) is 5.16 Å². The van der Waals surface area contributed by atoms with Crippen LogP contribution in [0.25, 0.3) is 0 Å². The summed E-state index contributed by atoms with van der Waals surface area (Å²) in [6.07, 6.45) is 3.05. The highest BCUT2D eigenvalue weighted by Crippen LogP contribution is 2.39. The molecule has 3 rings (SSSR count). The number of nitrogens with two attached hydrogens (primary N) is 1. The molecule has 4 nitrogen and oxygen atoms in total. The van der Waals surface area contributed by atoms with Crippen molar-refractivity contribution in [3.63, 3.8) is 0 Å². The highest BCUT2D eigenvalue weighted by Gasteiger charge is 2.28. The number of benzene rings is 1. The van der Waals surface area contributed by atoms with Crippen LogP contribution in [-0.2, 0) is 6.42 Å². The van der Waals surface area contributed by atoms with Crippen LogP contribution in [0.15, 0.2) is 28.8 Å². The first-order valence-electron chi connectivity index (χ1n) is 6.51. The molecule has 1 atom stereocenters. The molecule has 0 saturated heterocycles. The Kier molecular flexibility index (Phi) is 2.85. The van der Waals surface area contributed by atoms with Gasteiger partial charge in [0.05, 0.1) is 5.69 Å². The smallest absolute Gasteiger partial charge is 0.226 e. The van der Waals surface area contributed by atoms with Crippen LogP contribution in [-0.4, -0.2) is 10.9 Å². The summed E-state index contributed by atoms with van der Waals surface area (Å²) in [5.74, 6) is 0.742. The van der Waals surface area contributed by atoms with Crippen molar-refractivity contribution in [1.29, 1.82) is 0 Å². The van der Waals surface area contributed by atoms with E-state index in [9.17, 15) is 4.79 Å². The number of rotatable bonds is 2. The molecule has 0 radical (unpaired) electrons. The molecule has 1 aromatic heterocycles. The lowest BCUT2D eigenvalue weighted by atomic mass is 9.81. The van der Waals surface area contributed by atoms with Gasteiger partial charge in [-0.25, -0.2) is 0 Å². The number of hydrogen-bond donors (Lipinski definition) is 1. The number of nitrogens with zero attached hydrogens (tertiary/aromatic N) is 1. The van der Waals surface area contributed by atoms with Crippen molar-refractivity contribution >= 4 is 11.7 Å². The molecule has 1 aliphatic carbocycles. The third-order valence-electron chi connectivity index (χ3n) is 3.80. The van der Waals surface area contributed by atoms with Crippen LogP contribution in [0.3, 0.4) is 0 Å². The molecule has 0 bridgehead atoms. The minimum atomic E-state index is 0.0837. The van der Waals surface area contributed by atoms with Crippen molar-refractivity contribution in [3.05, 3.63) is 46.6 Å². The lowest BCUT2D eigenvalue weighted by Crippen LogP contribution is -2.11. The van der Waals surface area contributed by atoms with E-state index in [-0.39, 0.29) is 11.7 Å². The third-order valence-corrected chi connectivity index (χ3v) is 3.80. The van der Waals surface area contributed by atoms with Gasteiger partial charge >= 0.3 is 0 Å². The summed E-state index contributed by atoms with van der Waals surface area (Å²) in [7, 11) is 0. The molecule has 1 heterocycles. The van der Waals surface area contributed by atoms with Crippen LogP contribution in [0.1, 0.15) is 52.9 Å². The number of anilines is 1. The van der Waals surface area contributed by atoms with Gasteiger partial charge in [0, 0.05) is 17.0 Å². The Morgan fingerprint density at radius 2 is 2.11 bits per heavy atom. The van der Waals surface area contributed by atoms with Crippen LogP contribution in [0, 0.1) is 0 Å². The fourth-order valence-electron chi connectivity index (χ4n) is 2.80. The summed E-state index contributed by atoms with van der Waals surface area (Å²) in [5.41, 5.74) is 9.79. The maximum atomic E-state index is 11.3. The molecule has 0 saturated carbocycles. The zero-order chi connectivity index (χ0) is 13.4. The van der Waals surface area contributed by atoms with Crippen molar-refractivity contribution in [3.8, 4) is 0 Å². The second-order valence-corrected chi connectivity index (χ2v) is 5.03. The van der Waals surface area contributed by atoms with Gasteiger partial charge in [0.25, 0.3) is 0 Å². The molecule has 1 aliphatic rings. The minimum absolute atomic E-state index is 0.0837. The number of nitrogen functional groups attached to an aromatic ring is 1. The van der Waals surface area contributed by atoms with Gasteiger partial charge < -0.3 is 10.3 Å². The van der Waals surface area contributed by atoms with Gasteiger partial charge in [-0.1, -0.05) is 29.4 Å². The lowest BCUT2D eigenvalue weighted by Gasteiger charge is -2.21. The zero-order valence-corrected chi connectivity index (χ0v) is 10.8. The van der Waals surface area contributed by atoms with Gasteiger partial charge in [0.1, 0.15) is 0 Å². The molecular formula is C15H16N2O2. The highest BCUT2D eigenvalue weighted by molar-refractivity contribution is 5.94. The quantitative estimate of drug-likeness (QED) is 0.839. The van der Waals surface area contributed by atoms with E-state index in [0.717, 1.165) is 36.1 Å². The zero-order valence-electron chi connectivity index (χ0n) is 10.8. The first kappa shape index (κ1) is 12.0. The molecule has 19 heavy (non-hydrogen) atoms. The standard InChI is InChI=1S/C15H16N2O2/c1-9(18)10-5-7-11(8-6-10)12-3-2-4-13-14(12)15(16)19-17-13/h5-8,12H,2-4,16H2,1H3. The molecule has 0 spiro atoms. The molecule has 4 heteroatoms. The van der Waals surface area contributed by atoms with E-state index < -0.39 is 0 Å². The van der Waals surface area contributed by atoms with Crippen molar-refractivity contribution in [2.45, 2.75) is 32.1 Å². The van der Waals surface area contributed by atoms with Crippen LogP contribution in [0.4, 0.5) is 5.88 Å². The van der Waals surface area contributed by atoms with E-state index in [1.165, 1.54) is 5.56 Å². The molecule has 1 unspecified atom stereocenters. The average Bonchev–Trinajstić information content (AvgIpc) is 2.81. The SMILES string of the molecule is CC(=O)c1ccc(C2CCCc3noc(N)c32)cc1. The van der Waals surface area contributed by atoms with Gasteiger partial charge in [-0.2, -0.15) is 0 Å². The maximum Gasteiger partial charge on any atom is 0.226 e. The fraction of sp³-hybridized carbons (Fsp3) is 0.333. The number of carbonyl (C=O) groups excluding carboxylic acids is 1. The Morgan fingerprint density at radius 1 is 1.37 bits per heavy atom. The van der Waals surface area contributed by atoms with Crippen molar-refractivity contribution in [1.82, 2.24) is 5.16 Å². The predicted octanol–water partition coefficient (Wildman–Crippen LogP) is 2.93.